The molecule has 0 spiro atoms. The number of nitrogens with one attached hydrogen (secondary N) is 2. The molecule has 0 bridgehead atoms. The minimum Gasteiger partial charge on any atom is -0.355 e. The standard InChI is InChI=1S/C19H21N7O2/c1-13-4-2-3-5-15(13)19(28)23-22-18(27)14-8-10-25(11-9-14)17-7-6-16-21-20-12-26(16)24-17/h2-7,12,14H,8-11H2,1H3,(H,22,27)(H,23,28). The number of carbonyl (C=O) groups is 2. The van der Waals surface area contributed by atoms with E-state index in [9.17, 15) is 9.59 Å². The van der Waals surface area contributed by atoms with Gasteiger partial charge in [-0.25, -0.2) is 0 Å². The Morgan fingerprint density at radius 3 is 2.64 bits per heavy atom. The monoisotopic (exact) mass is 379 g/mol. The molecule has 2 N–H and O–H groups in total. The zero-order chi connectivity index (χ0) is 19.5. The molecule has 0 radical (unpaired) electrons. The molecule has 3 heterocycles. The molecule has 4 rings (SSSR count). The molecule has 9 heteroatoms. The van der Waals surface area contributed by atoms with Gasteiger partial charge in [0.15, 0.2) is 5.65 Å². The maximum Gasteiger partial charge on any atom is 0.269 e. The third-order valence-corrected chi connectivity index (χ3v) is 5.03. The first-order valence-electron chi connectivity index (χ1n) is 9.19. The summed E-state index contributed by atoms with van der Waals surface area (Å²) in [5, 5.41) is 12.3. The Morgan fingerprint density at radius 1 is 1.07 bits per heavy atom. The molecule has 1 aliphatic heterocycles. The lowest BCUT2D eigenvalue weighted by Gasteiger charge is -2.31. The lowest BCUT2D eigenvalue weighted by atomic mass is 9.96. The van der Waals surface area contributed by atoms with Gasteiger partial charge in [0.2, 0.25) is 5.91 Å². The molecular weight excluding hydrogens is 358 g/mol. The number of hydrogen-bond donors (Lipinski definition) is 2. The van der Waals surface area contributed by atoms with E-state index in [0.717, 1.165) is 11.4 Å². The smallest absolute Gasteiger partial charge is 0.269 e. The summed E-state index contributed by atoms with van der Waals surface area (Å²) in [5.41, 5.74) is 7.18. The maximum absolute atomic E-state index is 12.4. The van der Waals surface area contributed by atoms with E-state index in [1.807, 2.05) is 31.2 Å². The molecule has 144 valence electrons. The number of aromatic nitrogens is 4. The molecule has 1 aliphatic rings. The number of nitrogens with zero attached hydrogens (tertiary/aromatic N) is 5. The fourth-order valence-corrected chi connectivity index (χ4v) is 3.37. The van der Waals surface area contributed by atoms with Gasteiger partial charge in [0.05, 0.1) is 0 Å². The van der Waals surface area contributed by atoms with Crippen LogP contribution in [0.15, 0.2) is 42.7 Å². The largest absolute Gasteiger partial charge is 0.355 e. The first-order chi connectivity index (χ1) is 13.6. The fourth-order valence-electron chi connectivity index (χ4n) is 3.37. The van der Waals surface area contributed by atoms with Gasteiger partial charge in [-0.15, -0.1) is 15.3 Å². The minimum atomic E-state index is -0.310. The van der Waals surface area contributed by atoms with Gasteiger partial charge in [-0.05, 0) is 43.5 Å². The second-order valence-corrected chi connectivity index (χ2v) is 6.84. The maximum atomic E-state index is 12.4. The van der Waals surface area contributed by atoms with E-state index in [2.05, 4.69) is 31.0 Å². The number of anilines is 1. The molecule has 3 aromatic rings. The van der Waals surface area contributed by atoms with Crippen LogP contribution in [0.1, 0.15) is 28.8 Å². The van der Waals surface area contributed by atoms with E-state index in [0.29, 0.717) is 37.1 Å². The van der Waals surface area contributed by atoms with Crippen molar-refractivity contribution in [2.45, 2.75) is 19.8 Å². The van der Waals surface area contributed by atoms with Gasteiger partial charge >= 0.3 is 0 Å². The van der Waals surface area contributed by atoms with E-state index >= 15 is 0 Å². The SMILES string of the molecule is Cc1ccccc1C(=O)NNC(=O)C1CCN(c2ccc3nncn3n2)CC1. The van der Waals surface area contributed by atoms with E-state index in [-0.39, 0.29) is 17.7 Å². The second kappa shape index (κ2) is 7.63. The van der Waals surface area contributed by atoms with Crippen molar-refractivity contribution in [1.29, 1.82) is 0 Å². The van der Waals surface area contributed by atoms with Gasteiger partial charge in [0.25, 0.3) is 5.91 Å². The van der Waals surface area contributed by atoms with E-state index < -0.39 is 0 Å². The number of fused-ring (bicyclic) bond motifs is 1. The van der Waals surface area contributed by atoms with Crippen LogP contribution in [0, 0.1) is 12.8 Å². The van der Waals surface area contributed by atoms with Crippen LogP contribution in [0.25, 0.3) is 5.65 Å². The number of benzene rings is 1. The van der Waals surface area contributed by atoms with Crippen LogP contribution in [-0.2, 0) is 4.79 Å². The Kier molecular flexibility index (Phi) is 4.88. The summed E-state index contributed by atoms with van der Waals surface area (Å²) in [6, 6.07) is 11.0. The van der Waals surface area contributed by atoms with Crippen LogP contribution in [0.3, 0.4) is 0 Å². The number of aryl methyl sites for hydroxylation is 1. The minimum absolute atomic E-state index is 0.146. The predicted octanol–water partition coefficient (Wildman–Crippen LogP) is 1.11. The zero-order valence-electron chi connectivity index (χ0n) is 15.5. The van der Waals surface area contributed by atoms with Crippen LogP contribution in [0.5, 0.6) is 0 Å². The number of amides is 2. The number of piperidine rings is 1. The highest BCUT2D eigenvalue weighted by Crippen LogP contribution is 2.22. The first kappa shape index (κ1) is 17.9. The molecule has 0 aliphatic carbocycles. The van der Waals surface area contributed by atoms with E-state index in [1.165, 1.54) is 0 Å². The molecule has 0 unspecified atom stereocenters. The molecule has 9 nitrogen and oxygen atoms in total. The van der Waals surface area contributed by atoms with Crippen LogP contribution < -0.4 is 15.8 Å². The van der Waals surface area contributed by atoms with Crippen molar-refractivity contribution in [3.05, 3.63) is 53.9 Å². The summed E-state index contributed by atoms with van der Waals surface area (Å²) in [7, 11) is 0. The molecule has 2 aromatic heterocycles. The zero-order valence-corrected chi connectivity index (χ0v) is 15.5. The Bertz CT molecular complexity index is 1010. The van der Waals surface area contributed by atoms with Crippen molar-refractivity contribution in [2.75, 3.05) is 18.0 Å². The summed E-state index contributed by atoms with van der Waals surface area (Å²) in [5.74, 6) is 0.213. The molecular formula is C19H21N7O2. The van der Waals surface area contributed by atoms with Gasteiger partial charge < -0.3 is 4.90 Å². The summed E-state index contributed by atoms with van der Waals surface area (Å²) in [6.07, 6.45) is 2.94. The van der Waals surface area contributed by atoms with Gasteiger partial charge in [0.1, 0.15) is 12.1 Å². The Hall–Kier alpha value is -3.49. The normalized spacial score (nSPS) is 14.8. The highest BCUT2D eigenvalue weighted by Gasteiger charge is 2.26. The van der Waals surface area contributed by atoms with Gasteiger partial charge in [-0.1, -0.05) is 18.2 Å². The molecule has 1 fully saturated rings. The van der Waals surface area contributed by atoms with Gasteiger partial charge in [-0.2, -0.15) is 4.52 Å². The van der Waals surface area contributed by atoms with E-state index in [4.69, 9.17) is 0 Å². The Balaban J connectivity index is 1.30. The third kappa shape index (κ3) is 3.64. The number of rotatable bonds is 3. The van der Waals surface area contributed by atoms with Crippen molar-refractivity contribution in [1.82, 2.24) is 30.7 Å². The highest BCUT2D eigenvalue weighted by atomic mass is 16.2. The number of hydrogen-bond acceptors (Lipinski definition) is 6. The van der Waals surface area contributed by atoms with E-state index in [1.54, 1.807) is 23.0 Å². The van der Waals surface area contributed by atoms with Crippen molar-refractivity contribution >= 4 is 23.3 Å². The quantitative estimate of drug-likeness (QED) is 0.661. The lowest BCUT2D eigenvalue weighted by Crippen LogP contribution is -2.47. The summed E-state index contributed by atoms with van der Waals surface area (Å²) in [4.78, 5) is 26.8. The summed E-state index contributed by atoms with van der Waals surface area (Å²) >= 11 is 0. The van der Waals surface area contributed by atoms with Gasteiger partial charge in [0, 0.05) is 24.6 Å². The fraction of sp³-hybridized carbons (Fsp3) is 0.316. The van der Waals surface area contributed by atoms with Crippen LogP contribution in [0.2, 0.25) is 0 Å². The van der Waals surface area contributed by atoms with Crippen LogP contribution >= 0.6 is 0 Å². The van der Waals surface area contributed by atoms with Crippen molar-refractivity contribution in [2.24, 2.45) is 5.92 Å². The molecule has 28 heavy (non-hydrogen) atoms. The summed E-state index contributed by atoms with van der Waals surface area (Å²) in [6.45, 7) is 3.28. The predicted molar refractivity (Wildman–Crippen MR) is 103 cm³/mol. The Labute approximate surface area is 161 Å². The number of carbonyl (C=O) groups excluding carboxylic acids is 2. The average molecular weight is 379 g/mol. The number of hydrazine groups is 1. The topological polar surface area (TPSA) is 105 Å². The third-order valence-electron chi connectivity index (χ3n) is 5.03. The molecule has 2 amide bonds. The second-order valence-electron chi connectivity index (χ2n) is 6.84. The van der Waals surface area contributed by atoms with Gasteiger partial charge in [-0.3, -0.25) is 20.4 Å². The summed E-state index contributed by atoms with van der Waals surface area (Å²) < 4.78 is 1.63. The lowest BCUT2D eigenvalue weighted by molar-refractivity contribution is -0.126. The molecule has 0 saturated carbocycles. The van der Waals surface area contributed by atoms with Crippen molar-refractivity contribution in [3.63, 3.8) is 0 Å². The average Bonchev–Trinajstić information content (AvgIpc) is 3.20. The van der Waals surface area contributed by atoms with Crippen LogP contribution in [0.4, 0.5) is 5.82 Å². The van der Waals surface area contributed by atoms with Crippen molar-refractivity contribution < 1.29 is 9.59 Å². The molecule has 0 atom stereocenters. The van der Waals surface area contributed by atoms with Crippen molar-refractivity contribution in [3.8, 4) is 0 Å². The molecule has 1 aromatic carbocycles. The molecule has 1 saturated heterocycles. The Morgan fingerprint density at radius 2 is 1.86 bits per heavy atom. The first-order valence-corrected chi connectivity index (χ1v) is 9.19. The highest BCUT2D eigenvalue weighted by molar-refractivity contribution is 5.96. The van der Waals surface area contributed by atoms with Crippen LogP contribution in [-0.4, -0.2) is 44.7 Å².